The summed E-state index contributed by atoms with van der Waals surface area (Å²) in [5.74, 6) is -0.467. The van der Waals surface area contributed by atoms with E-state index in [9.17, 15) is 9.90 Å². The van der Waals surface area contributed by atoms with E-state index in [0.29, 0.717) is 27.8 Å². The van der Waals surface area contributed by atoms with Gasteiger partial charge in [0, 0.05) is 17.0 Å². The second-order valence-electron chi connectivity index (χ2n) is 4.86. The number of hydrogen-bond acceptors (Lipinski definition) is 3. The first-order valence-corrected chi connectivity index (χ1v) is 6.83. The van der Waals surface area contributed by atoms with E-state index in [1.807, 2.05) is 13.8 Å². The van der Waals surface area contributed by atoms with Crippen molar-refractivity contribution < 1.29 is 14.4 Å². The third-order valence-corrected chi connectivity index (χ3v) is 3.30. The van der Waals surface area contributed by atoms with Gasteiger partial charge >= 0.3 is 5.97 Å². The highest BCUT2D eigenvalue weighted by Crippen LogP contribution is 2.33. The van der Waals surface area contributed by atoms with E-state index < -0.39 is 5.97 Å². The summed E-state index contributed by atoms with van der Waals surface area (Å²) in [7, 11) is 0. The zero-order valence-electron chi connectivity index (χ0n) is 11.0. The van der Waals surface area contributed by atoms with Gasteiger partial charge < -0.3 is 9.63 Å². The molecule has 0 amide bonds. The van der Waals surface area contributed by atoms with Crippen LogP contribution in [-0.4, -0.2) is 16.2 Å². The van der Waals surface area contributed by atoms with E-state index in [0.717, 1.165) is 0 Å². The Labute approximate surface area is 126 Å². The lowest BCUT2D eigenvalue weighted by Gasteiger charge is -2.04. The van der Waals surface area contributed by atoms with Gasteiger partial charge in [0.15, 0.2) is 5.76 Å². The molecule has 4 nitrogen and oxygen atoms in total. The summed E-state index contributed by atoms with van der Waals surface area (Å²) in [5.41, 5.74) is 0.782. The highest BCUT2D eigenvalue weighted by molar-refractivity contribution is 6.36. The van der Waals surface area contributed by atoms with Crippen molar-refractivity contribution in [3.63, 3.8) is 0 Å². The topological polar surface area (TPSA) is 63.3 Å². The quantitative estimate of drug-likeness (QED) is 0.899. The van der Waals surface area contributed by atoms with Crippen molar-refractivity contribution in [2.45, 2.75) is 20.3 Å². The van der Waals surface area contributed by atoms with Crippen molar-refractivity contribution in [2.75, 3.05) is 0 Å². The van der Waals surface area contributed by atoms with Crippen LogP contribution in [0, 0.1) is 5.92 Å². The number of aromatic nitrogens is 1. The lowest BCUT2D eigenvalue weighted by Crippen LogP contribution is -2.04. The molecule has 1 heterocycles. The van der Waals surface area contributed by atoms with Crippen LogP contribution < -0.4 is 0 Å². The first kappa shape index (κ1) is 14.9. The highest BCUT2D eigenvalue weighted by atomic mass is 35.5. The average Bonchev–Trinajstić information content (AvgIpc) is 2.71. The molecule has 0 atom stereocenters. The summed E-state index contributed by atoms with van der Waals surface area (Å²) < 4.78 is 5.19. The molecule has 0 saturated carbocycles. The first-order valence-electron chi connectivity index (χ1n) is 6.07. The average molecular weight is 314 g/mol. The van der Waals surface area contributed by atoms with Gasteiger partial charge in [-0.3, -0.25) is 0 Å². The number of carboxylic acids is 1. The van der Waals surface area contributed by atoms with Gasteiger partial charge in [-0.05, 0) is 24.1 Å². The van der Waals surface area contributed by atoms with Gasteiger partial charge in [0.1, 0.15) is 11.3 Å². The normalized spacial score (nSPS) is 11.1. The number of nitrogens with zero attached hydrogens (tertiary/aromatic N) is 1. The molecule has 106 valence electrons. The van der Waals surface area contributed by atoms with Gasteiger partial charge in [0.05, 0.1) is 5.02 Å². The Bertz CT molecular complexity index is 650. The fourth-order valence-electron chi connectivity index (χ4n) is 1.92. The maximum absolute atomic E-state index is 11.5. The molecule has 0 bridgehead atoms. The second kappa shape index (κ2) is 5.85. The molecule has 0 saturated heterocycles. The molecule has 0 aliphatic rings. The fourth-order valence-corrected chi connectivity index (χ4v) is 2.42. The van der Waals surface area contributed by atoms with Gasteiger partial charge in [-0.15, -0.1) is 0 Å². The van der Waals surface area contributed by atoms with Crippen LogP contribution in [0.25, 0.3) is 11.3 Å². The summed E-state index contributed by atoms with van der Waals surface area (Å²) in [6, 6.07) is 4.81. The third kappa shape index (κ3) is 2.97. The van der Waals surface area contributed by atoms with E-state index in [-0.39, 0.29) is 17.2 Å². The number of rotatable bonds is 4. The minimum atomic E-state index is -1.08. The van der Waals surface area contributed by atoms with Crippen molar-refractivity contribution in [2.24, 2.45) is 5.92 Å². The Balaban J connectivity index is 2.56. The molecule has 0 aliphatic heterocycles. The molecule has 1 aromatic carbocycles. The highest BCUT2D eigenvalue weighted by Gasteiger charge is 2.25. The standard InChI is InChI=1S/C14H13Cl2NO3/c1-7(2)5-11-12(14(18)19)13(17-20-11)9-4-3-8(15)6-10(9)16/h3-4,6-7H,5H2,1-2H3,(H,18,19). The molecule has 1 aromatic heterocycles. The van der Waals surface area contributed by atoms with Crippen molar-refractivity contribution >= 4 is 29.2 Å². The summed E-state index contributed by atoms with van der Waals surface area (Å²) >= 11 is 11.9. The minimum absolute atomic E-state index is 0.0583. The number of carboxylic acid groups (broad SMARTS) is 1. The van der Waals surface area contributed by atoms with E-state index in [2.05, 4.69) is 5.16 Å². The Kier molecular flexibility index (Phi) is 4.35. The molecular weight excluding hydrogens is 301 g/mol. The van der Waals surface area contributed by atoms with Crippen LogP contribution in [0.4, 0.5) is 0 Å². The molecule has 0 aliphatic carbocycles. The number of aromatic carboxylic acids is 1. The summed E-state index contributed by atoms with van der Waals surface area (Å²) in [6.07, 6.45) is 0.500. The van der Waals surface area contributed by atoms with E-state index in [1.54, 1.807) is 18.2 Å². The Morgan fingerprint density at radius 2 is 2.10 bits per heavy atom. The number of carbonyl (C=O) groups is 1. The smallest absolute Gasteiger partial charge is 0.341 e. The second-order valence-corrected chi connectivity index (χ2v) is 5.70. The van der Waals surface area contributed by atoms with Crippen LogP contribution in [0.15, 0.2) is 22.7 Å². The molecule has 0 spiro atoms. The maximum atomic E-state index is 11.5. The number of halogens is 2. The van der Waals surface area contributed by atoms with Crippen LogP contribution in [0.3, 0.4) is 0 Å². The summed E-state index contributed by atoms with van der Waals surface area (Å²) in [4.78, 5) is 11.5. The maximum Gasteiger partial charge on any atom is 0.341 e. The Hall–Kier alpha value is -1.52. The lowest BCUT2D eigenvalue weighted by molar-refractivity contribution is 0.0695. The molecule has 2 aromatic rings. The van der Waals surface area contributed by atoms with Crippen LogP contribution in [-0.2, 0) is 6.42 Å². The van der Waals surface area contributed by atoms with E-state index >= 15 is 0 Å². The number of benzene rings is 1. The molecule has 2 rings (SSSR count). The van der Waals surface area contributed by atoms with Crippen LogP contribution in [0.1, 0.15) is 30.0 Å². The van der Waals surface area contributed by atoms with Crippen molar-refractivity contribution in [1.29, 1.82) is 0 Å². The summed E-state index contributed by atoms with van der Waals surface area (Å²) in [5, 5.41) is 14.1. The van der Waals surface area contributed by atoms with Gasteiger partial charge in [-0.25, -0.2) is 4.79 Å². The summed E-state index contributed by atoms with van der Waals surface area (Å²) in [6.45, 7) is 3.95. The van der Waals surface area contributed by atoms with Gasteiger partial charge in [-0.2, -0.15) is 0 Å². The molecular formula is C14H13Cl2NO3. The largest absolute Gasteiger partial charge is 0.477 e. The Morgan fingerprint density at radius 3 is 2.65 bits per heavy atom. The molecule has 20 heavy (non-hydrogen) atoms. The predicted octanol–water partition coefficient (Wildman–Crippen LogP) is 4.55. The SMILES string of the molecule is CC(C)Cc1onc(-c2ccc(Cl)cc2Cl)c1C(=O)O. The van der Waals surface area contributed by atoms with Crippen LogP contribution >= 0.6 is 23.2 Å². The molecule has 0 fully saturated rings. The minimum Gasteiger partial charge on any atom is -0.477 e. The zero-order valence-corrected chi connectivity index (χ0v) is 12.5. The van der Waals surface area contributed by atoms with Crippen molar-refractivity contribution in [3.05, 3.63) is 39.6 Å². The Morgan fingerprint density at radius 1 is 1.40 bits per heavy atom. The lowest BCUT2D eigenvalue weighted by atomic mass is 10.0. The first-order chi connectivity index (χ1) is 9.40. The molecule has 0 unspecified atom stereocenters. The van der Waals surface area contributed by atoms with E-state index in [1.165, 1.54) is 0 Å². The zero-order chi connectivity index (χ0) is 14.9. The molecule has 6 heteroatoms. The number of hydrogen-bond donors (Lipinski definition) is 1. The molecule has 0 radical (unpaired) electrons. The third-order valence-electron chi connectivity index (χ3n) is 2.76. The monoisotopic (exact) mass is 313 g/mol. The van der Waals surface area contributed by atoms with E-state index in [4.69, 9.17) is 27.7 Å². The van der Waals surface area contributed by atoms with Crippen LogP contribution in [0.5, 0.6) is 0 Å². The van der Waals surface area contributed by atoms with Gasteiger partial charge in [0.2, 0.25) is 0 Å². The molecule has 1 N–H and O–H groups in total. The predicted molar refractivity (Wildman–Crippen MR) is 77.5 cm³/mol. The fraction of sp³-hybridized carbons (Fsp3) is 0.286. The van der Waals surface area contributed by atoms with Gasteiger partial charge in [-0.1, -0.05) is 42.2 Å². The van der Waals surface area contributed by atoms with Crippen LogP contribution in [0.2, 0.25) is 10.0 Å². The van der Waals surface area contributed by atoms with Crippen molar-refractivity contribution in [3.8, 4) is 11.3 Å². The van der Waals surface area contributed by atoms with Gasteiger partial charge in [0.25, 0.3) is 0 Å². The van der Waals surface area contributed by atoms with Crippen molar-refractivity contribution in [1.82, 2.24) is 5.16 Å².